The molecule has 1 radical (unpaired) electrons. The minimum absolute atomic E-state index is 0. The Balaban J connectivity index is 0.000000221. The number of para-hydroxylation sites is 2. The Morgan fingerprint density at radius 3 is 1.93 bits per heavy atom. The van der Waals surface area contributed by atoms with Crippen LogP contribution in [0.15, 0.2) is 187 Å². The topological polar surface area (TPSA) is 43.9 Å². The van der Waals surface area contributed by atoms with Gasteiger partial charge in [-0.05, 0) is 104 Å². The monoisotopic (exact) mass is 1180 g/mol. The summed E-state index contributed by atoms with van der Waals surface area (Å²) in [6.07, 6.45) is 0.0246. The summed E-state index contributed by atoms with van der Waals surface area (Å²) in [5.41, 5.74) is 16.1. The van der Waals surface area contributed by atoms with Crippen LogP contribution in [0.3, 0.4) is 0 Å². The molecule has 0 saturated heterocycles. The second-order valence-corrected chi connectivity index (χ2v) is 27.1. The van der Waals surface area contributed by atoms with Crippen LogP contribution in [-0.4, -0.2) is 22.6 Å². The van der Waals surface area contributed by atoms with Crippen LogP contribution in [0.25, 0.3) is 94.7 Å². The third-order valence-corrected chi connectivity index (χ3v) is 15.7. The SMILES string of the molecule is CC(C)c1cc(-c2ccc([Si](C)(C)C)cc2)cc(C(C)C)c1-n1c(-c2[c-]ccc3c2oc2cc(-c4ccccc4)ccc23)nc2ccccc21.[2H]C([2H])([2H])c1c[c-]c(-c2ccc(C([2H])([2H])C(C)(C)C)cn2)cc1-c1ccccc1.[Ir]. The first kappa shape index (κ1) is 46.6. The van der Waals surface area contributed by atoms with Crippen LogP contribution in [0.5, 0.6) is 0 Å². The van der Waals surface area contributed by atoms with Crippen molar-refractivity contribution in [2.24, 2.45) is 5.41 Å². The van der Waals surface area contributed by atoms with E-state index in [1.807, 2.05) is 63.2 Å². The second-order valence-electron chi connectivity index (χ2n) is 22.0. The fourth-order valence-electron chi connectivity index (χ4n) is 9.84. The molecular formula is C69H67IrN3OSi-2. The zero-order valence-corrected chi connectivity index (χ0v) is 48.0. The fraction of sp³-hybridized carbons (Fsp3) is 0.217. The molecule has 0 aliphatic heterocycles. The van der Waals surface area contributed by atoms with Crippen molar-refractivity contribution in [3.8, 4) is 61.7 Å². The molecule has 379 valence electrons. The molecule has 11 aromatic rings. The molecule has 0 amide bonds. The predicted octanol–water partition coefficient (Wildman–Crippen LogP) is 18.6. The molecule has 0 saturated carbocycles. The summed E-state index contributed by atoms with van der Waals surface area (Å²) in [4.78, 5) is 9.78. The van der Waals surface area contributed by atoms with Crippen molar-refractivity contribution in [1.82, 2.24) is 14.5 Å². The number of rotatable bonds is 10. The van der Waals surface area contributed by atoms with Crippen molar-refractivity contribution in [1.29, 1.82) is 0 Å². The Hall–Kier alpha value is -6.95. The standard InChI is InChI=1S/C46H43N2OSi.C23H24N.Ir/c1-29(2)39-26-34(32-20-23-35(24-21-32)50(5,6)7)27-40(30(3)4)44(39)48-42-19-12-11-18-41(42)47-46(48)38-17-13-16-37-36-25-22-33(28-43(36)49-45(37)38)31-14-9-8-10-15-31;1-17-10-12-20(14-21(17)19-8-6-5-7-9-19)22-13-11-18(16-24-22)15-23(2,3)4;/h8-16,18-30H,1-7H3;5-11,13-14,16H,15H2,1-4H3;/q2*-1;/i;1D3,15D2;. The molecule has 8 aromatic carbocycles. The van der Waals surface area contributed by atoms with Crippen molar-refractivity contribution in [2.45, 2.75) is 93.2 Å². The van der Waals surface area contributed by atoms with E-state index in [2.05, 4.69) is 178 Å². The van der Waals surface area contributed by atoms with Gasteiger partial charge in [0.2, 0.25) is 0 Å². The van der Waals surface area contributed by atoms with Gasteiger partial charge in [0.15, 0.2) is 0 Å². The molecule has 0 spiro atoms. The minimum atomic E-state index is -2.25. The number of nitrogens with zero attached hydrogens (tertiary/aromatic N) is 3. The molecule has 3 aromatic heterocycles. The van der Waals surface area contributed by atoms with Gasteiger partial charge in [-0.15, -0.1) is 47.5 Å². The van der Waals surface area contributed by atoms with Crippen molar-refractivity contribution < 1.29 is 31.4 Å². The number of imidazole rings is 1. The van der Waals surface area contributed by atoms with E-state index in [4.69, 9.17) is 16.3 Å². The Labute approximate surface area is 466 Å². The molecule has 0 aliphatic carbocycles. The largest absolute Gasteiger partial charge is 0.501 e. The maximum Gasteiger partial charge on any atom is 0.121 e. The van der Waals surface area contributed by atoms with Crippen LogP contribution < -0.4 is 5.19 Å². The van der Waals surface area contributed by atoms with Crippen molar-refractivity contribution in [3.63, 3.8) is 0 Å². The van der Waals surface area contributed by atoms with E-state index in [0.29, 0.717) is 22.4 Å². The molecule has 0 N–H and O–H groups in total. The Morgan fingerprint density at radius 1 is 0.667 bits per heavy atom. The van der Waals surface area contributed by atoms with Crippen molar-refractivity contribution in [2.75, 3.05) is 0 Å². The smallest absolute Gasteiger partial charge is 0.121 e. The molecule has 0 unspecified atom stereocenters. The second kappa shape index (κ2) is 21.7. The van der Waals surface area contributed by atoms with Gasteiger partial charge in [0.25, 0.3) is 0 Å². The Bertz CT molecular complexity index is 3960. The van der Waals surface area contributed by atoms with Gasteiger partial charge in [0.05, 0.1) is 30.5 Å². The maximum absolute atomic E-state index is 8.39. The van der Waals surface area contributed by atoms with E-state index in [-0.39, 0.29) is 37.5 Å². The third-order valence-electron chi connectivity index (χ3n) is 13.6. The van der Waals surface area contributed by atoms with E-state index in [1.165, 1.54) is 44.8 Å². The van der Waals surface area contributed by atoms with E-state index in [0.717, 1.165) is 55.5 Å². The number of aromatic nitrogens is 3. The minimum Gasteiger partial charge on any atom is -0.501 e. The normalized spacial score (nSPS) is 13.2. The first-order valence-corrected chi connectivity index (χ1v) is 29.3. The molecule has 6 heteroatoms. The van der Waals surface area contributed by atoms with Gasteiger partial charge in [0, 0.05) is 44.2 Å². The average Bonchev–Trinajstić information content (AvgIpc) is 4.01. The van der Waals surface area contributed by atoms with Crippen LogP contribution >= 0.6 is 0 Å². The molecule has 0 fully saturated rings. The number of pyridine rings is 1. The Kier molecular flexibility index (Phi) is 13.5. The van der Waals surface area contributed by atoms with Crippen LogP contribution in [0.1, 0.15) is 89.4 Å². The first-order valence-electron chi connectivity index (χ1n) is 28.3. The Morgan fingerprint density at radius 2 is 1.31 bits per heavy atom. The maximum atomic E-state index is 8.39. The molecule has 11 rings (SSSR count). The summed E-state index contributed by atoms with van der Waals surface area (Å²) in [5.74, 6) is 1.40. The first-order chi connectivity index (χ1) is 37.5. The van der Waals surface area contributed by atoms with Gasteiger partial charge >= 0.3 is 0 Å². The van der Waals surface area contributed by atoms with Gasteiger partial charge < -0.3 is 14.0 Å². The number of aryl methyl sites for hydroxylation is 1. The average molecular weight is 1180 g/mol. The van der Waals surface area contributed by atoms with Crippen LogP contribution in [0, 0.1) is 24.4 Å². The van der Waals surface area contributed by atoms with Crippen molar-refractivity contribution in [3.05, 3.63) is 217 Å². The summed E-state index contributed by atoms with van der Waals surface area (Å²) in [7, 11) is -1.40. The van der Waals surface area contributed by atoms with Gasteiger partial charge in [-0.3, -0.25) is 4.98 Å². The molecular weight excluding hydrogens is 1110 g/mol. The van der Waals surface area contributed by atoms with E-state index >= 15 is 0 Å². The summed E-state index contributed by atoms with van der Waals surface area (Å²) >= 11 is 0. The van der Waals surface area contributed by atoms with Gasteiger partial charge in [0.1, 0.15) is 5.58 Å². The molecule has 3 heterocycles. The molecule has 0 atom stereocenters. The summed E-state index contributed by atoms with van der Waals surface area (Å²) in [6, 6.07) is 66.5. The van der Waals surface area contributed by atoms with Gasteiger partial charge in [-0.25, -0.2) is 0 Å². The van der Waals surface area contributed by atoms with Crippen molar-refractivity contribution >= 4 is 46.2 Å². The zero-order chi connectivity index (χ0) is 56.2. The fourth-order valence-corrected chi connectivity index (χ4v) is 11.0. The number of benzene rings is 8. The quantitative estimate of drug-likeness (QED) is 0.101. The van der Waals surface area contributed by atoms with Gasteiger partial charge in [-0.1, -0.05) is 218 Å². The van der Waals surface area contributed by atoms with Crippen LogP contribution in [0.4, 0.5) is 0 Å². The number of hydrogen-bond donors (Lipinski definition) is 0. The number of fused-ring (bicyclic) bond motifs is 4. The number of hydrogen-bond acceptors (Lipinski definition) is 3. The van der Waals surface area contributed by atoms with Gasteiger partial charge in [-0.2, -0.15) is 0 Å². The van der Waals surface area contributed by atoms with E-state index < -0.39 is 26.7 Å². The van der Waals surface area contributed by atoms with E-state index in [1.54, 1.807) is 24.4 Å². The predicted molar refractivity (Wildman–Crippen MR) is 316 cm³/mol. The summed E-state index contributed by atoms with van der Waals surface area (Å²) in [6.45, 7) is 19.7. The molecule has 75 heavy (non-hydrogen) atoms. The molecule has 4 nitrogen and oxygen atoms in total. The van der Waals surface area contributed by atoms with Crippen LogP contribution in [0.2, 0.25) is 19.6 Å². The summed E-state index contributed by atoms with van der Waals surface area (Å²) in [5, 5.41) is 3.64. The molecule has 0 bridgehead atoms. The third kappa shape index (κ3) is 11.2. The van der Waals surface area contributed by atoms with Crippen LogP contribution in [-0.2, 0) is 26.5 Å². The summed E-state index contributed by atoms with van der Waals surface area (Å²) < 4.78 is 49.5. The van der Waals surface area contributed by atoms with E-state index in [9.17, 15) is 0 Å². The molecule has 0 aliphatic rings. The number of furan rings is 1. The zero-order valence-electron chi connectivity index (χ0n) is 49.6.